The number of nitrogens with two attached hydrogens (primary N) is 2. The maximum Gasteiger partial charge on any atom is -0.00625 e. The average Bonchev–Trinajstić information content (AvgIpc) is 2.61. The Hall–Kier alpha value is -1.54. The molecule has 4 N–H and O–H groups in total. The summed E-state index contributed by atoms with van der Waals surface area (Å²) < 4.78 is 0. The molecule has 0 aliphatic rings. The maximum atomic E-state index is 5.89. The molecule has 0 bridgehead atoms. The molecule has 24 heavy (non-hydrogen) atoms. The first-order valence-corrected chi connectivity index (χ1v) is 9.56. The number of hydrogen-bond donors (Lipinski definition) is 2. The maximum absolute atomic E-state index is 5.89. The van der Waals surface area contributed by atoms with Gasteiger partial charge < -0.3 is 11.5 Å². The average molecular weight is 329 g/mol. The lowest BCUT2D eigenvalue weighted by atomic mass is 9.77. The van der Waals surface area contributed by atoms with Crippen LogP contribution >= 0.6 is 0 Å². The van der Waals surface area contributed by atoms with Gasteiger partial charge in [0.25, 0.3) is 0 Å². The van der Waals surface area contributed by atoms with Gasteiger partial charge in [-0.1, -0.05) is 64.0 Å². The molecule has 2 heteroatoms. The molecule has 2 unspecified atom stereocenters. The van der Waals surface area contributed by atoms with Gasteiger partial charge in [-0.3, -0.25) is 0 Å². The molecule has 2 atom stereocenters. The van der Waals surface area contributed by atoms with Crippen molar-refractivity contribution in [2.75, 3.05) is 6.54 Å². The first-order valence-electron chi connectivity index (χ1n) is 9.56. The number of aryl methyl sites for hydroxylation is 2. The third kappa shape index (κ3) is 6.16. The highest BCUT2D eigenvalue weighted by atomic mass is 14.5. The Morgan fingerprint density at radius 3 is 2.50 bits per heavy atom. The SMILES string of the molecule is CCCc1cc(CC)ccc1C(C/C=C\C=C/N)C(CC)CCN. The summed E-state index contributed by atoms with van der Waals surface area (Å²) in [6, 6.07) is 7.10. The summed E-state index contributed by atoms with van der Waals surface area (Å²) >= 11 is 0. The second-order valence-electron chi connectivity index (χ2n) is 6.54. The minimum absolute atomic E-state index is 0.536. The van der Waals surface area contributed by atoms with Crippen molar-refractivity contribution >= 4 is 0 Å². The van der Waals surface area contributed by atoms with E-state index in [0.29, 0.717) is 11.8 Å². The van der Waals surface area contributed by atoms with Crippen LogP contribution in [-0.4, -0.2) is 6.54 Å². The van der Waals surface area contributed by atoms with E-state index in [1.165, 1.54) is 29.5 Å². The van der Waals surface area contributed by atoms with Crippen LogP contribution in [0.4, 0.5) is 0 Å². The lowest BCUT2D eigenvalue weighted by molar-refractivity contribution is 0.387. The fourth-order valence-corrected chi connectivity index (χ4v) is 3.57. The van der Waals surface area contributed by atoms with Crippen molar-refractivity contribution in [2.45, 2.75) is 65.2 Å². The van der Waals surface area contributed by atoms with E-state index in [1.807, 2.05) is 6.08 Å². The molecule has 1 aromatic rings. The van der Waals surface area contributed by atoms with Gasteiger partial charge in [-0.15, -0.1) is 0 Å². The van der Waals surface area contributed by atoms with Gasteiger partial charge in [-0.2, -0.15) is 0 Å². The molecule has 0 amide bonds. The van der Waals surface area contributed by atoms with E-state index in [-0.39, 0.29) is 0 Å². The van der Waals surface area contributed by atoms with Crippen LogP contribution in [0.25, 0.3) is 0 Å². The normalized spacial score (nSPS) is 14.5. The summed E-state index contributed by atoms with van der Waals surface area (Å²) in [5, 5.41) is 0. The summed E-state index contributed by atoms with van der Waals surface area (Å²) in [6.45, 7) is 7.54. The van der Waals surface area contributed by atoms with Gasteiger partial charge in [-0.05, 0) is 73.0 Å². The highest BCUT2D eigenvalue weighted by Crippen LogP contribution is 2.36. The zero-order chi connectivity index (χ0) is 17.8. The van der Waals surface area contributed by atoms with Gasteiger partial charge in [0, 0.05) is 0 Å². The number of hydrogen-bond acceptors (Lipinski definition) is 2. The summed E-state index contributed by atoms with van der Waals surface area (Å²) in [5.41, 5.74) is 15.8. The molecular weight excluding hydrogens is 292 g/mol. The molecule has 1 aromatic carbocycles. The molecule has 0 heterocycles. The first kappa shape index (κ1) is 20.5. The monoisotopic (exact) mass is 328 g/mol. The van der Waals surface area contributed by atoms with E-state index < -0.39 is 0 Å². The zero-order valence-electron chi connectivity index (χ0n) is 15.8. The van der Waals surface area contributed by atoms with E-state index in [2.05, 4.69) is 51.1 Å². The predicted molar refractivity (Wildman–Crippen MR) is 107 cm³/mol. The Morgan fingerprint density at radius 2 is 1.92 bits per heavy atom. The van der Waals surface area contributed by atoms with Crippen LogP contribution < -0.4 is 11.5 Å². The molecule has 0 saturated heterocycles. The molecule has 0 aliphatic carbocycles. The largest absolute Gasteiger partial charge is 0.405 e. The number of rotatable bonds is 11. The van der Waals surface area contributed by atoms with Crippen molar-refractivity contribution < 1.29 is 0 Å². The third-order valence-corrected chi connectivity index (χ3v) is 4.91. The molecule has 0 saturated carbocycles. The van der Waals surface area contributed by atoms with E-state index in [4.69, 9.17) is 11.5 Å². The van der Waals surface area contributed by atoms with Gasteiger partial charge in [-0.25, -0.2) is 0 Å². The third-order valence-electron chi connectivity index (χ3n) is 4.91. The van der Waals surface area contributed by atoms with Gasteiger partial charge in [0.15, 0.2) is 0 Å². The van der Waals surface area contributed by atoms with Gasteiger partial charge >= 0.3 is 0 Å². The van der Waals surface area contributed by atoms with Crippen LogP contribution in [0.5, 0.6) is 0 Å². The van der Waals surface area contributed by atoms with Gasteiger partial charge in [0.05, 0.1) is 0 Å². The van der Waals surface area contributed by atoms with Crippen molar-refractivity contribution in [3.05, 3.63) is 59.3 Å². The topological polar surface area (TPSA) is 52.0 Å². The lowest BCUT2D eigenvalue weighted by Crippen LogP contribution is -2.18. The fraction of sp³-hybridized carbons (Fsp3) is 0.545. The first-order chi connectivity index (χ1) is 11.7. The van der Waals surface area contributed by atoms with Crippen molar-refractivity contribution in [2.24, 2.45) is 17.4 Å². The second-order valence-corrected chi connectivity index (χ2v) is 6.54. The standard InChI is InChI=1S/C22H36N2/c1-4-10-20-17-18(5-2)12-13-22(20)21(11-8-7-9-15-23)19(6-3)14-16-24/h7-9,12-13,15,17,19,21H,4-6,10-11,14,16,23-24H2,1-3H3/b8-7-,15-9-. The van der Waals surface area contributed by atoms with Crippen molar-refractivity contribution in [1.82, 2.24) is 0 Å². The second kappa shape index (κ2) is 11.9. The predicted octanol–water partition coefficient (Wildman–Crippen LogP) is 5.08. The molecule has 0 radical (unpaired) electrons. The molecule has 2 nitrogen and oxygen atoms in total. The minimum Gasteiger partial charge on any atom is -0.405 e. The molecular formula is C22H36N2. The Balaban J connectivity index is 3.20. The van der Waals surface area contributed by atoms with Crippen LogP contribution in [-0.2, 0) is 12.8 Å². The van der Waals surface area contributed by atoms with E-state index in [9.17, 15) is 0 Å². The number of benzene rings is 1. The Kier molecular flexibility index (Phi) is 10.2. The summed E-state index contributed by atoms with van der Waals surface area (Å²) in [6.07, 6.45) is 14.5. The van der Waals surface area contributed by atoms with Crippen LogP contribution in [0.2, 0.25) is 0 Å². The van der Waals surface area contributed by atoms with E-state index in [0.717, 1.165) is 32.2 Å². The van der Waals surface area contributed by atoms with Crippen LogP contribution in [0.1, 0.15) is 69.1 Å². The van der Waals surface area contributed by atoms with Gasteiger partial charge in [0.2, 0.25) is 0 Å². The minimum atomic E-state index is 0.536. The van der Waals surface area contributed by atoms with Gasteiger partial charge in [0.1, 0.15) is 0 Å². The molecule has 1 rings (SSSR count). The summed E-state index contributed by atoms with van der Waals surface area (Å²) in [5.74, 6) is 1.16. The van der Waals surface area contributed by atoms with Crippen molar-refractivity contribution in [3.8, 4) is 0 Å². The number of allylic oxidation sites excluding steroid dienone is 3. The van der Waals surface area contributed by atoms with Crippen molar-refractivity contribution in [3.63, 3.8) is 0 Å². The highest BCUT2D eigenvalue weighted by molar-refractivity contribution is 5.36. The van der Waals surface area contributed by atoms with Crippen LogP contribution in [0, 0.1) is 5.92 Å². The van der Waals surface area contributed by atoms with Crippen LogP contribution in [0.15, 0.2) is 42.6 Å². The molecule has 0 fully saturated rings. The molecule has 0 spiro atoms. The zero-order valence-corrected chi connectivity index (χ0v) is 15.8. The molecule has 0 aromatic heterocycles. The Morgan fingerprint density at radius 1 is 1.12 bits per heavy atom. The smallest absolute Gasteiger partial charge is 0.00625 e. The lowest BCUT2D eigenvalue weighted by Gasteiger charge is -2.28. The summed E-state index contributed by atoms with van der Waals surface area (Å²) in [7, 11) is 0. The van der Waals surface area contributed by atoms with Crippen LogP contribution in [0.3, 0.4) is 0 Å². The van der Waals surface area contributed by atoms with E-state index in [1.54, 1.807) is 6.20 Å². The fourth-order valence-electron chi connectivity index (χ4n) is 3.57. The highest BCUT2D eigenvalue weighted by Gasteiger charge is 2.22. The quantitative estimate of drug-likeness (QED) is 0.557. The van der Waals surface area contributed by atoms with Crippen molar-refractivity contribution in [1.29, 1.82) is 0 Å². The Bertz CT molecular complexity index is 517. The van der Waals surface area contributed by atoms with E-state index >= 15 is 0 Å². The Labute approximate surface area is 149 Å². The molecule has 0 aliphatic heterocycles. The molecule has 134 valence electrons. The summed E-state index contributed by atoms with van der Waals surface area (Å²) in [4.78, 5) is 0.